The van der Waals surface area contributed by atoms with Crippen LogP contribution in [0.5, 0.6) is 5.75 Å². The van der Waals surface area contributed by atoms with Gasteiger partial charge in [-0.1, -0.05) is 30.4 Å². The molecule has 0 saturated heterocycles. The Morgan fingerprint density at radius 2 is 1.86 bits per heavy atom. The van der Waals surface area contributed by atoms with Gasteiger partial charge in [0.1, 0.15) is 11.8 Å². The molecule has 0 aromatic heterocycles. The number of aromatic hydroxyl groups is 1. The number of rotatable bonds is 2. The number of hydrogen-bond donors (Lipinski definition) is 1. The fourth-order valence-electron chi connectivity index (χ4n) is 2.42. The second-order valence-corrected chi connectivity index (χ2v) is 6.62. The highest BCUT2D eigenvalue weighted by atomic mass is 32.2. The van der Waals surface area contributed by atoms with Crippen molar-refractivity contribution in [2.24, 2.45) is 0 Å². The predicted molar refractivity (Wildman–Crippen MR) is 82.8 cm³/mol. The van der Waals surface area contributed by atoms with Crippen LogP contribution < -0.4 is 4.31 Å². The fourth-order valence-corrected chi connectivity index (χ4v) is 3.89. The zero-order chi connectivity index (χ0) is 15.7. The highest BCUT2D eigenvalue weighted by molar-refractivity contribution is 7.92. The SMILES string of the molecule is N#Cc1ccc(O)c2c1N(S(=O)(=O)c1ccccc1)CC=C2. The molecular formula is C16H12N2O3S. The van der Waals surface area contributed by atoms with Gasteiger partial charge in [-0.15, -0.1) is 0 Å². The van der Waals surface area contributed by atoms with Gasteiger partial charge >= 0.3 is 0 Å². The summed E-state index contributed by atoms with van der Waals surface area (Å²) < 4.78 is 26.8. The molecule has 1 aliphatic heterocycles. The van der Waals surface area contributed by atoms with Crippen molar-refractivity contribution in [2.75, 3.05) is 10.8 Å². The van der Waals surface area contributed by atoms with E-state index in [0.29, 0.717) is 5.56 Å². The highest BCUT2D eigenvalue weighted by Gasteiger charge is 2.30. The molecule has 3 rings (SSSR count). The fraction of sp³-hybridized carbons (Fsp3) is 0.0625. The van der Waals surface area contributed by atoms with Crippen LogP contribution in [0.4, 0.5) is 5.69 Å². The topological polar surface area (TPSA) is 81.4 Å². The van der Waals surface area contributed by atoms with Crippen LogP contribution in [0, 0.1) is 11.3 Å². The summed E-state index contributed by atoms with van der Waals surface area (Å²) >= 11 is 0. The van der Waals surface area contributed by atoms with Gasteiger partial charge in [-0.3, -0.25) is 4.31 Å². The lowest BCUT2D eigenvalue weighted by Gasteiger charge is -2.28. The highest BCUT2D eigenvalue weighted by Crippen LogP contribution is 2.38. The van der Waals surface area contributed by atoms with Gasteiger partial charge in [0.15, 0.2) is 0 Å². The van der Waals surface area contributed by atoms with Crippen LogP contribution in [-0.4, -0.2) is 20.1 Å². The van der Waals surface area contributed by atoms with Crippen molar-refractivity contribution in [1.29, 1.82) is 5.26 Å². The number of phenols is 1. The van der Waals surface area contributed by atoms with Gasteiger partial charge in [0, 0.05) is 5.56 Å². The molecule has 0 bridgehead atoms. The smallest absolute Gasteiger partial charge is 0.264 e. The normalized spacial score (nSPS) is 13.5. The van der Waals surface area contributed by atoms with Crippen LogP contribution >= 0.6 is 0 Å². The second kappa shape index (κ2) is 5.20. The third kappa shape index (κ3) is 2.12. The maximum Gasteiger partial charge on any atom is 0.264 e. The molecule has 0 amide bonds. The minimum absolute atomic E-state index is 0.0572. The van der Waals surface area contributed by atoms with Crippen LogP contribution in [0.1, 0.15) is 11.1 Å². The number of sulfonamides is 1. The summed E-state index contributed by atoms with van der Waals surface area (Å²) in [5.74, 6) is -0.0572. The molecule has 22 heavy (non-hydrogen) atoms. The molecular weight excluding hydrogens is 300 g/mol. The summed E-state index contributed by atoms with van der Waals surface area (Å²) in [6, 6.07) is 12.8. The summed E-state index contributed by atoms with van der Waals surface area (Å²) in [7, 11) is -3.80. The number of benzene rings is 2. The lowest BCUT2D eigenvalue weighted by molar-refractivity contribution is 0.474. The summed E-state index contributed by atoms with van der Waals surface area (Å²) in [4.78, 5) is 0.142. The maximum atomic E-state index is 12.8. The number of fused-ring (bicyclic) bond motifs is 1. The lowest BCUT2D eigenvalue weighted by atomic mass is 10.0. The quantitative estimate of drug-likeness (QED) is 0.923. The molecule has 1 heterocycles. The first-order valence-electron chi connectivity index (χ1n) is 6.56. The van der Waals surface area contributed by atoms with E-state index in [1.165, 1.54) is 24.3 Å². The molecule has 1 N–H and O–H groups in total. The molecule has 0 atom stereocenters. The first kappa shape index (κ1) is 14.2. The Balaban J connectivity index is 2.24. The van der Waals surface area contributed by atoms with Gasteiger partial charge in [-0.2, -0.15) is 5.26 Å². The number of anilines is 1. The largest absolute Gasteiger partial charge is 0.507 e. The van der Waals surface area contributed by atoms with Crippen molar-refractivity contribution in [3.8, 4) is 11.8 Å². The lowest BCUT2D eigenvalue weighted by Crippen LogP contribution is -2.33. The minimum atomic E-state index is -3.80. The molecule has 0 saturated carbocycles. The van der Waals surface area contributed by atoms with E-state index >= 15 is 0 Å². The Morgan fingerprint density at radius 1 is 1.14 bits per heavy atom. The zero-order valence-electron chi connectivity index (χ0n) is 11.5. The van der Waals surface area contributed by atoms with Crippen LogP contribution in [-0.2, 0) is 10.0 Å². The molecule has 5 nitrogen and oxygen atoms in total. The van der Waals surface area contributed by atoms with Crippen molar-refractivity contribution in [2.45, 2.75) is 4.90 Å². The number of nitriles is 1. The second-order valence-electron chi connectivity index (χ2n) is 4.76. The Hall–Kier alpha value is -2.78. The standard InChI is InChI=1S/C16H12N2O3S/c17-11-12-8-9-15(19)14-7-4-10-18(16(12)14)22(20,21)13-5-2-1-3-6-13/h1-9,19H,10H2. The van der Waals surface area contributed by atoms with E-state index in [1.54, 1.807) is 30.4 Å². The van der Waals surface area contributed by atoms with E-state index in [2.05, 4.69) is 0 Å². The molecule has 1 aliphatic rings. The molecule has 0 aliphatic carbocycles. The van der Waals surface area contributed by atoms with Gasteiger partial charge in [-0.25, -0.2) is 8.42 Å². The van der Waals surface area contributed by atoms with Gasteiger partial charge in [-0.05, 0) is 24.3 Å². The molecule has 110 valence electrons. The van der Waals surface area contributed by atoms with E-state index < -0.39 is 10.0 Å². The third-order valence-electron chi connectivity index (χ3n) is 3.45. The molecule has 0 radical (unpaired) electrons. The number of hydrogen-bond acceptors (Lipinski definition) is 4. The molecule has 2 aromatic carbocycles. The number of phenolic OH excluding ortho intramolecular Hbond substituents is 1. The summed E-state index contributed by atoms with van der Waals surface area (Å²) in [6.07, 6.45) is 3.27. The van der Waals surface area contributed by atoms with Gasteiger partial charge in [0.05, 0.1) is 22.7 Å². The van der Waals surface area contributed by atoms with Crippen molar-refractivity contribution in [1.82, 2.24) is 0 Å². The third-order valence-corrected chi connectivity index (χ3v) is 5.23. The summed E-state index contributed by atoms with van der Waals surface area (Å²) in [5, 5.41) is 19.2. The van der Waals surface area contributed by atoms with Crippen molar-refractivity contribution < 1.29 is 13.5 Å². The summed E-state index contributed by atoms with van der Waals surface area (Å²) in [6.45, 7) is 0.113. The summed E-state index contributed by atoms with van der Waals surface area (Å²) in [5.41, 5.74) is 0.760. The number of nitrogens with zero attached hydrogens (tertiary/aromatic N) is 2. The van der Waals surface area contributed by atoms with Crippen LogP contribution in [0.2, 0.25) is 0 Å². The Bertz CT molecular complexity index is 897. The van der Waals surface area contributed by atoms with Crippen molar-refractivity contribution >= 4 is 21.8 Å². The Kier molecular flexibility index (Phi) is 3.35. The van der Waals surface area contributed by atoms with Gasteiger partial charge in [0.25, 0.3) is 10.0 Å². The molecule has 0 unspecified atom stereocenters. The molecule has 0 spiro atoms. The van der Waals surface area contributed by atoms with E-state index in [9.17, 15) is 18.8 Å². The zero-order valence-corrected chi connectivity index (χ0v) is 12.3. The van der Waals surface area contributed by atoms with Gasteiger partial charge in [0.2, 0.25) is 0 Å². The van der Waals surface area contributed by atoms with Crippen LogP contribution in [0.25, 0.3) is 6.08 Å². The molecule has 0 fully saturated rings. The Morgan fingerprint density at radius 3 is 2.55 bits per heavy atom. The average Bonchev–Trinajstić information content (AvgIpc) is 2.56. The molecule has 6 heteroatoms. The van der Waals surface area contributed by atoms with Crippen LogP contribution in [0.15, 0.2) is 53.4 Å². The first-order valence-corrected chi connectivity index (χ1v) is 8.00. The minimum Gasteiger partial charge on any atom is -0.507 e. The monoisotopic (exact) mass is 312 g/mol. The van der Waals surface area contributed by atoms with E-state index in [1.807, 2.05) is 6.07 Å². The van der Waals surface area contributed by atoms with Crippen molar-refractivity contribution in [3.63, 3.8) is 0 Å². The first-order chi connectivity index (χ1) is 10.6. The maximum absolute atomic E-state index is 12.8. The predicted octanol–water partition coefficient (Wildman–Crippen LogP) is 2.49. The Labute approximate surface area is 128 Å². The molecule has 2 aromatic rings. The van der Waals surface area contributed by atoms with Crippen LogP contribution in [0.3, 0.4) is 0 Å². The average molecular weight is 312 g/mol. The van der Waals surface area contributed by atoms with E-state index in [-0.39, 0.29) is 28.4 Å². The van der Waals surface area contributed by atoms with Gasteiger partial charge < -0.3 is 5.11 Å². The van der Waals surface area contributed by atoms with E-state index in [4.69, 9.17) is 0 Å². The van der Waals surface area contributed by atoms with E-state index in [0.717, 1.165) is 4.31 Å². The van der Waals surface area contributed by atoms with Crippen molar-refractivity contribution in [3.05, 3.63) is 59.7 Å².